The molecular weight excluding hydrogens is 268 g/mol. The minimum atomic E-state index is -0.145. The van der Waals surface area contributed by atoms with Crippen molar-refractivity contribution in [1.82, 2.24) is 0 Å². The second-order valence-electron chi connectivity index (χ2n) is 4.71. The Morgan fingerprint density at radius 2 is 1.65 bits per heavy atom. The van der Waals surface area contributed by atoms with E-state index in [0.29, 0.717) is 10.6 Å². The molecule has 0 spiro atoms. The number of amides is 1. The number of carbonyl (C=O) groups excluding carboxylic acids is 1. The summed E-state index contributed by atoms with van der Waals surface area (Å²) in [6.07, 6.45) is 0. The molecule has 2 rings (SSSR count). The highest BCUT2D eigenvalue weighted by Crippen LogP contribution is 2.18. The van der Waals surface area contributed by atoms with Gasteiger partial charge in [-0.25, -0.2) is 0 Å². The number of aryl methyl sites for hydroxylation is 2. The van der Waals surface area contributed by atoms with Crippen LogP contribution in [0.25, 0.3) is 0 Å². The Balaban J connectivity index is 2.25. The molecule has 0 aromatic heterocycles. The van der Waals surface area contributed by atoms with Gasteiger partial charge in [0.1, 0.15) is 4.99 Å². The number of thiocarbonyl (C=S) groups is 1. The van der Waals surface area contributed by atoms with Gasteiger partial charge >= 0.3 is 0 Å². The maximum atomic E-state index is 12.2. The summed E-state index contributed by atoms with van der Waals surface area (Å²) in [5.41, 5.74) is 9.78. The van der Waals surface area contributed by atoms with Crippen LogP contribution >= 0.6 is 12.2 Å². The lowest BCUT2D eigenvalue weighted by Gasteiger charge is -2.10. The SMILES string of the molecule is Cc1ccc(C(=O)Nc2cc(C(N)=S)ccc2C)cc1. The van der Waals surface area contributed by atoms with Gasteiger partial charge in [0.15, 0.2) is 0 Å². The molecule has 0 aliphatic heterocycles. The number of hydrogen-bond acceptors (Lipinski definition) is 2. The van der Waals surface area contributed by atoms with Crippen LogP contribution in [-0.4, -0.2) is 10.9 Å². The zero-order valence-electron chi connectivity index (χ0n) is 11.4. The van der Waals surface area contributed by atoms with Crippen molar-refractivity contribution >= 4 is 28.8 Å². The summed E-state index contributed by atoms with van der Waals surface area (Å²) in [6.45, 7) is 3.91. The maximum absolute atomic E-state index is 12.2. The number of carbonyl (C=O) groups is 1. The molecule has 0 atom stereocenters. The molecule has 0 aliphatic carbocycles. The number of hydrogen-bond donors (Lipinski definition) is 2. The molecule has 102 valence electrons. The highest BCUT2D eigenvalue weighted by molar-refractivity contribution is 7.80. The fourth-order valence-electron chi connectivity index (χ4n) is 1.81. The molecule has 2 aromatic rings. The van der Waals surface area contributed by atoms with Gasteiger partial charge < -0.3 is 11.1 Å². The highest BCUT2D eigenvalue weighted by Gasteiger charge is 2.08. The Labute approximate surface area is 123 Å². The van der Waals surface area contributed by atoms with Crippen molar-refractivity contribution in [2.24, 2.45) is 5.73 Å². The van der Waals surface area contributed by atoms with E-state index in [1.165, 1.54) is 0 Å². The van der Waals surface area contributed by atoms with Crippen LogP contribution in [0.3, 0.4) is 0 Å². The van der Waals surface area contributed by atoms with Crippen molar-refractivity contribution in [1.29, 1.82) is 0 Å². The van der Waals surface area contributed by atoms with E-state index in [2.05, 4.69) is 5.32 Å². The summed E-state index contributed by atoms with van der Waals surface area (Å²) in [7, 11) is 0. The van der Waals surface area contributed by atoms with E-state index >= 15 is 0 Å². The Morgan fingerprint density at radius 1 is 1.05 bits per heavy atom. The molecule has 0 bridgehead atoms. The van der Waals surface area contributed by atoms with Gasteiger partial charge in [0.25, 0.3) is 5.91 Å². The van der Waals surface area contributed by atoms with E-state index in [4.69, 9.17) is 18.0 Å². The van der Waals surface area contributed by atoms with Crippen molar-refractivity contribution in [3.05, 3.63) is 64.7 Å². The fourth-order valence-corrected chi connectivity index (χ4v) is 1.94. The van der Waals surface area contributed by atoms with Crippen LogP contribution in [0.1, 0.15) is 27.0 Å². The van der Waals surface area contributed by atoms with Gasteiger partial charge in [-0.3, -0.25) is 4.79 Å². The predicted octanol–water partition coefficient (Wildman–Crippen LogP) is 3.19. The van der Waals surface area contributed by atoms with Gasteiger partial charge in [-0.2, -0.15) is 0 Å². The Morgan fingerprint density at radius 3 is 2.25 bits per heavy atom. The third-order valence-corrected chi connectivity index (χ3v) is 3.32. The summed E-state index contributed by atoms with van der Waals surface area (Å²) in [5.74, 6) is -0.145. The van der Waals surface area contributed by atoms with Gasteiger partial charge in [0, 0.05) is 16.8 Å². The molecule has 2 aromatic carbocycles. The molecule has 0 radical (unpaired) electrons. The molecular formula is C16H16N2OS. The number of anilines is 1. The van der Waals surface area contributed by atoms with Crippen molar-refractivity contribution in [3.8, 4) is 0 Å². The third-order valence-electron chi connectivity index (χ3n) is 3.08. The molecule has 0 saturated heterocycles. The van der Waals surface area contributed by atoms with Crippen LogP contribution < -0.4 is 11.1 Å². The quantitative estimate of drug-likeness (QED) is 0.851. The van der Waals surface area contributed by atoms with Crippen LogP contribution in [0.4, 0.5) is 5.69 Å². The van der Waals surface area contributed by atoms with Crippen molar-refractivity contribution in [3.63, 3.8) is 0 Å². The topological polar surface area (TPSA) is 55.1 Å². The zero-order valence-corrected chi connectivity index (χ0v) is 12.3. The largest absolute Gasteiger partial charge is 0.389 e. The first-order valence-electron chi connectivity index (χ1n) is 6.26. The van der Waals surface area contributed by atoms with Crippen molar-refractivity contribution < 1.29 is 4.79 Å². The molecule has 0 saturated carbocycles. The molecule has 20 heavy (non-hydrogen) atoms. The molecule has 0 unspecified atom stereocenters. The lowest BCUT2D eigenvalue weighted by molar-refractivity contribution is 0.102. The maximum Gasteiger partial charge on any atom is 0.255 e. The van der Waals surface area contributed by atoms with Crippen LogP contribution in [0.2, 0.25) is 0 Å². The van der Waals surface area contributed by atoms with Crippen LogP contribution in [0.15, 0.2) is 42.5 Å². The van der Waals surface area contributed by atoms with E-state index in [1.807, 2.05) is 38.1 Å². The number of rotatable bonds is 3. The average molecular weight is 284 g/mol. The molecule has 1 amide bonds. The summed E-state index contributed by atoms with van der Waals surface area (Å²) < 4.78 is 0. The molecule has 0 aliphatic rings. The van der Waals surface area contributed by atoms with Gasteiger partial charge in [0.2, 0.25) is 0 Å². The Bertz CT molecular complexity index is 663. The molecule has 3 nitrogen and oxygen atoms in total. The van der Waals surface area contributed by atoms with Crippen LogP contribution in [0, 0.1) is 13.8 Å². The zero-order chi connectivity index (χ0) is 14.7. The van der Waals surface area contributed by atoms with E-state index in [0.717, 1.165) is 22.4 Å². The minimum Gasteiger partial charge on any atom is -0.389 e. The van der Waals surface area contributed by atoms with Crippen LogP contribution in [-0.2, 0) is 0 Å². The lowest BCUT2D eigenvalue weighted by atomic mass is 10.1. The van der Waals surface area contributed by atoms with E-state index in [1.54, 1.807) is 18.2 Å². The molecule has 4 heteroatoms. The molecule has 3 N–H and O–H groups in total. The normalized spacial score (nSPS) is 10.1. The van der Waals surface area contributed by atoms with E-state index in [9.17, 15) is 4.79 Å². The fraction of sp³-hybridized carbons (Fsp3) is 0.125. The minimum absolute atomic E-state index is 0.145. The second kappa shape index (κ2) is 5.84. The summed E-state index contributed by atoms with van der Waals surface area (Å²) in [6, 6.07) is 13.0. The van der Waals surface area contributed by atoms with Gasteiger partial charge in [-0.05, 0) is 37.6 Å². The lowest BCUT2D eigenvalue weighted by Crippen LogP contribution is -2.14. The van der Waals surface area contributed by atoms with Gasteiger partial charge in [-0.15, -0.1) is 0 Å². The summed E-state index contributed by atoms with van der Waals surface area (Å²) >= 11 is 4.95. The van der Waals surface area contributed by atoms with E-state index < -0.39 is 0 Å². The monoisotopic (exact) mass is 284 g/mol. The second-order valence-corrected chi connectivity index (χ2v) is 5.15. The Kier molecular flexibility index (Phi) is 4.15. The first kappa shape index (κ1) is 14.2. The molecule has 0 heterocycles. The summed E-state index contributed by atoms with van der Waals surface area (Å²) in [4.78, 5) is 12.5. The van der Waals surface area contributed by atoms with Crippen molar-refractivity contribution in [2.75, 3.05) is 5.32 Å². The average Bonchev–Trinajstić information content (AvgIpc) is 2.41. The Hall–Kier alpha value is -2.20. The summed E-state index contributed by atoms with van der Waals surface area (Å²) in [5, 5.41) is 2.89. The van der Waals surface area contributed by atoms with Gasteiger partial charge in [-0.1, -0.05) is 42.0 Å². The smallest absolute Gasteiger partial charge is 0.255 e. The molecule has 0 fully saturated rings. The van der Waals surface area contributed by atoms with Gasteiger partial charge in [0.05, 0.1) is 0 Å². The first-order valence-corrected chi connectivity index (χ1v) is 6.66. The standard InChI is InChI=1S/C16H16N2OS/c1-10-3-6-12(7-4-10)16(19)18-14-9-13(15(17)20)8-5-11(14)2/h3-9H,1-2H3,(H2,17,20)(H,18,19). The van der Waals surface area contributed by atoms with Crippen molar-refractivity contribution in [2.45, 2.75) is 13.8 Å². The number of nitrogens with one attached hydrogen (secondary N) is 1. The first-order chi connectivity index (χ1) is 9.47. The number of nitrogens with two attached hydrogens (primary N) is 1. The third kappa shape index (κ3) is 3.22. The highest BCUT2D eigenvalue weighted by atomic mass is 32.1. The van der Waals surface area contributed by atoms with Crippen LogP contribution in [0.5, 0.6) is 0 Å². The van der Waals surface area contributed by atoms with E-state index in [-0.39, 0.29) is 5.91 Å². The number of benzene rings is 2. The predicted molar refractivity (Wildman–Crippen MR) is 86.2 cm³/mol.